The van der Waals surface area contributed by atoms with E-state index < -0.39 is 0 Å². The Labute approximate surface area is 106 Å². The SMILES string of the molecule is CC(C)c1ccccc1Oc1ccnc(Cl)c1. The summed E-state index contributed by atoms with van der Waals surface area (Å²) in [5.41, 5.74) is 1.18. The van der Waals surface area contributed by atoms with Crippen LogP contribution in [0.25, 0.3) is 0 Å². The van der Waals surface area contributed by atoms with Crippen LogP contribution < -0.4 is 4.74 Å². The van der Waals surface area contributed by atoms with Gasteiger partial charge < -0.3 is 4.74 Å². The fourth-order valence-electron chi connectivity index (χ4n) is 1.63. The van der Waals surface area contributed by atoms with Gasteiger partial charge in [0.05, 0.1) is 0 Å². The molecule has 0 bridgehead atoms. The first-order valence-electron chi connectivity index (χ1n) is 5.55. The van der Waals surface area contributed by atoms with E-state index in [4.69, 9.17) is 16.3 Å². The number of nitrogens with zero attached hydrogens (tertiary/aromatic N) is 1. The van der Waals surface area contributed by atoms with Crippen LogP contribution in [0.15, 0.2) is 42.6 Å². The van der Waals surface area contributed by atoms with Gasteiger partial charge in [-0.3, -0.25) is 0 Å². The summed E-state index contributed by atoms with van der Waals surface area (Å²) in [5.74, 6) is 1.99. The van der Waals surface area contributed by atoms with Crippen molar-refractivity contribution in [3.63, 3.8) is 0 Å². The fourth-order valence-corrected chi connectivity index (χ4v) is 1.79. The molecule has 0 amide bonds. The van der Waals surface area contributed by atoms with E-state index in [1.165, 1.54) is 5.56 Å². The Morgan fingerprint density at radius 1 is 1.18 bits per heavy atom. The summed E-state index contributed by atoms with van der Waals surface area (Å²) in [6, 6.07) is 11.5. The Kier molecular flexibility index (Phi) is 3.64. The van der Waals surface area contributed by atoms with Crippen LogP contribution in [-0.2, 0) is 0 Å². The number of rotatable bonds is 3. The Morgan fingerprint density at radius 2 is 1.94 bits per heavy atom. The van der Waals surface area contributed by atoms with Crippen molar-refractivity contribution in [1.82, 2.24) is 4.98 Å². The van der Waals surface area contributed by atoms with E-state index in [1.807, 2.05) is 18.2 Å². The van der Waals surface area contributed by atoms with Gasteiger partial charge in [0.1, 0.15) is 16.7 Å². The van der Waals surface area contributed by atoms with Crippen LogP contribution in [0.2, 0.25) is 5.15 Å². The van der Waals surface area contributed by atoms with E-state index in [-0.39, 0.29) is 0 Å². The van der Waals surface area contributed by atoms with Crippen molar-refractivity contribution >= 4 is 11.6 Å². The molecule has 3 heteroatoms. The molecule has 1 aromatic carbocycles. The third-order valence-electron chi connectivity index (χ3n) is 2.47. The van der Waals surface area contributed by atoms with Crippen molar-refractivity contribution in [1.29, 1.82) is 0 Å². The van der Waals surface area contributed by atoms with Gasteiger partial charge in [0, 0.05) is 12.3 Å². The van der Waals surface area contributed by atoms with Gasteiger partial charge >= 0.3 is 0 Å². The number of benzene rings is 1. The molecule has 2 nitrogen and oxygen atoms in total. The third-order valence-corrected chi connectivity index (χ3v) is 2.67. The summed E-state index contributed by atoms with van der Waals surface area (Å²) in [7, 11) is 0. The number of hydrogen-bond acceptors (Lipinski definition) is 2. The van der Waals surface area contributed by atoms with Gasteiger partial charge in [0.2, 0.25) is 0 Å². The summed E-state index contributed by atoms with van der Waals surface area (Å²) in [5, 5.41) is 0.435. The number of hydrogen-bond donors (Lipinski definition) is 0. The summed E-state index contributed by atoms with van der Waals surface area (Å²) in [4.78, 5) is 3.92. The lowest BCUT2D eigenvalue weighted by Gasteiger charge is -2.13. The number of aromatic nitrogens is 1. The molecule has 0 saturated heterocycles. The fraction of sp³-hybridized carbons (Fsp3) is 0.214. The highest BCUT2D eigenvalue weighted by molar-refractivity contribution is 6.29. The number of pyridine rings is 1. The van der Waals surface area contributed by atoms with Crippen LogP contribution in [0.5, 0.6) is 11.5 Å². The monoisotopic (exact) mass is 247 g/mol. The molecule has 0 aliphatic rings. The lowest BCUT2D eigenvalue weighted by Crippen LogP contribution is -1.93. The zero-order chi connectivity index (χ0) is 12.3. The van der Waals surface area contributed by atoms with Crippen molar-refractivity contribution in [2.24, 2.45) is 0 Å². The zero-order valence-electron chi connectivity index (χ0n) is 9.85. The van der Waals surface area contributed by atoms with Gasteiger partial charge in [0.25, 0.3) is 0 Å². The second kappa shape index (κ2) is 5.19. The minimum absolute atomic E-state index is 0.420. The highest BCUT2D eigenvalue weighted by Gasteiger charge is 2.07. The van der Waals surface area contributed by atoms with E-state index >= 15 is 0 Å². The Hall–Kier alpha value is -1.54. The number of para-hydroxylation sites is 1. The van der Waals surface area contributed by atoms with Gasteiger partial charge in [-0.15, -0.1) is 0 Å². The van der Waals surface area contributed by atoms with Crippen molar-refractivity contribution in [2.75, 3.05) is 0 Å². The number of halogens is 1. The minimum atomic E-state index is 0.420. The van der Waals surface area contributed by atoms with Gasteiger partial charge in [-0.2, -0.15) is 0 Å². The zero-order valence-corrected chi connectivity index (χ0v) is 10.6. The number of ether oxygens (including phenoxy) is 1. The van der Waals surface area contributed by atoms with Gasteiger partial charge in [-0.1, -0.05) is 43.6 Å². The van der Waals surface area contributed by atoms with E-state index in [0.29, 0.717) is 16.8 Å². The smallest absolute Gasteiger partial charge is 0.132 e. The van der Waals surface area contributed by atoms with E-state index in [1.54, 1.807) is 18.3 Å². The molecular weight excluding hydrogens is 234 g/mol. The topological polar surface area (TPSA) is 22.1 Å². The molecule has 1 heterocycles. The van der Waals surface area contributed by atoms with E-state index in [9.17, 15) is 0 Å². The molecule has 0 saturated carbocycles. The van der Waals surface area contributed by atoms with Crippen LogP contribution in [0, 0.1) is 0 Å². The maximum atomic E-state index is 5.83. The molecule has 0 atom stereocenters. The molecular formula is C14H14ClNO. The summed E-state index contributed by atoms with van der Waals surface area (Å²) in [6.07, 6.45) is 1.63. The molecule has 88 valence electrons. The molecule has 2 rings (SSSR count). The van der Waals surface area contributed by atoms with Crippen LogP contribution in [0.4, 0.5) is 0 Å². The van der Waals surface area contributed by atoms with Crippen LogP contribution in [0.1, 0.15) is 25.3 Å². The average molecular weight is 248 g/mol. The largest absolute Gasteiger partial charge is 0.457 e. The van der Waals surface area contributed by atoms with Crippen LogP contribution in [0.3, 0.4) is 0 Å². The van der Waals surface area contributed by atoms with Gasteiger partial charge in [0.15, 0.2) is 0 Å². The van der Waals surface area contributed by atoms with Crippen LogP contribution >= 0.6 is 11.6 Å². The van der Waals surface area contributed by atoms with Crippen molar-refractivity contribution < 1.29 is 4.74 Å². The molecule has 0 fully saturated rings. The molecule has 17 heavy (non-hydrogen) atoms. The molecule has 1 aromatic heterocycles. The van der Waals surface area contributed by atoms with Crippen molar-refractivity contribution in [3.05, 3.63) is 53.3 Å². The first kappa shape index (κ1) is 11.9. The lowest BCUT2D eigenvalue weighted by molar-refractivity contribution is 0.472. The first-order chi connectivity index (χ1) is 8.16. The maximum Gasteiger partial charge on any atom is 0.132 e. The predicted octanol–water partition coefficient (Wildman–Crippen LogP) is 4.65. The van der Waals surface area contributed by atoms with Gasteiger partial charge in [-0.05, 0) is 23.6 Å². The molecule has 0 aliphatic heterocycles. The molecule has 0 spiro atoms. The molecule has 2 aromatic rings. The summed E-state index contributed by atoms with van der Waals surface area (Å²) in [6.45, 7) is 4.28. The minimum Gasteiger partial charge on any atom is -0.457 e. The average Bonchev–Trinajstić information content (AvgIpc) is 2.29. The normalized spacial score (nSPS) is 10.6. The Balaban J connectivity index is 2.30. The Morgan fingerprint density at radius 3 is 2.65 bits per heavy atom. The molecule has 0 unspecified atom stereocenters. The quantitative estimate of drug-likeness (QED) is 0.737. The van der Waals surface area contributed by atoms with Gasteiger partial charge in [-0.25, -0.2) is 4.98 Å². The standard InChI is InChI=1S/C14H14ClNO/c1-10(2)12-5-3-4-6-13(12)17-11-7-8-16-14(15)9-11/h3-10H,1-2H3. The highest BCUT2D eigenvalue weighted by atomic mass is 35.5. The predicted molar refractivity (Wildman–Crippen MR) is 69.9 cm³/mol. The maximum absolute atomic E-state index is 5.83. The first-order valence-corrected chi connectivity index (χ1v) is 5.93. The second-order valence-electron chi connectivity index (χ2n) is 4.11. The van der Waals surface area contributed by atoms with Crippen LogP contribution in [-0.4, -0.2) is 4.98 Å². The molecule has 0 N–H and O–H groups in total. The third kappa shape index (κ3) is 2.98. The second-order valence-corrected chi connectivity index (χ2v) is 4.50. The Bertz CT molecular complexity index is 511. The highest BCUT2D eigenvalue weighted by Crippen LogP contribution is 2.30. The summed E-state index contributed by atoms with van der Waals surface area (Å²) < 4.78 is 5.83. The molecule has 0 aliphatic carbocycles. The van der Waals surface area contributed by atoms with Crippen molar-refractivity contribution in [3.8, 4) is 11.5 Å². The van der Waals surface area contributed by atoms with Crippen molar-refractivity contribution in [2.45, 2.75) is 19.8 Å². The van der Waals surface area contributed by atoms with E-state index in [0.717, 1.165) is 5.75 Å². The lowest BCUT2D eigenvalue weighted by atomic mass is 10.0. The summed E-state index contributed by atoms with van der Waals surface area (Å²) >= 11 is 5.82. The van der Waals surface area contributed by atoms with E-state index in [2.05, 4.69) is 24.9 Å². The molecule has 0 radical (unpaired) electrons.